The first-order valence-corrected chi connectivity index (χ1v) is 7.75. The number of carbonyl (C=O) groups is 1. The molecule has 1 amide bonds. The van der Waals surface area contributed by atoms with Gasteiger partial charge in [0.1, 0.15) is 0 Å². The van der Waals surface area contributed by atoms with Crippen LogP contribution in [0.1, 0.15) is 64.2 Å². The fourth-order valence-corrected chi connectivity index (χ4v) is 3.40. The van der Waals surface area contributed by atoms with Crippen molar-refractivity contribution in [2.75, 3.05) is 13.6 Å². The van der Waals surface area contributed by atoms with E-state index in [0.717, 1.165) is 0 Å². The maximum Gasteiger partial charge on any atom is 0.234 e. The molecule has 3 heteroatoms. The lowest BCUT2D eigenvalue weighted by atomic mass is 9.94. The van der Waals surface area contributed by atoms with Crippen LogP contribution in [0.15, 0.2) is 0 Å². The van der Waals surface area contributed by atoms with E-state index in [1.807, 2.05) is 0 Å². The van der Waals surface area contributed by atoms with Crippen LogP contribution in [0, 0.1) is 0 Å². The molecule has 0 aromatic carbocycles. The van der Waals surface area contributed by atoms with Crippen molar-refractivity contribution in [1.29, 1.82) is 0 Å². The van der Waals surface area contributed by atoms with Gasteiger partial charge in [-0.1, -0.05) is 38.5 Å². The third kappa shape index (κ3) is 4.27. The van der Waals surface area contributed by atoms with Gasteiger partial charge in [-0.25, -0.2) is 0 Å². The number of hydrogen-bond acceptors (Lipinski definition) is 2. The van der Waals surface area contributed by atoms with Gasteiger partial charge in [-0.2, -0.15) is 0 Å². The Morgan fingerprint density at radius 2 is 1.56 bits per heavy atom. The summed E-state index contributed by atoms with van der Waals surface area (Å²) in [5.41, 5.74) is 0. The average molecular weight is 252 g/mol. The van der Waals surface area contributed by atoms with Crippen LogP contribution in [0.4, 0.5) is 0 Å². The van der Waals surface area contributed by atoms with E-state index >= 15 is 0 Å². The summed E-state index contributed by atoms with van der Waals surface area (Å²) in [4.78, 5) is 14.3. The minimum Gasteiger partial charge on any atom is -0.352 e. The van der Waals surface area contributed by atoms with E-state index in [9.17, 15) is 4.79 Å². The van der Waals surface area contributed by atoms with E-state index in [1.165, 1.54) is 64.2 Å². The zero-order valence-corrected chi connectivity index (χ0v) is 11.8. The van der Waals surface area contributed by atoms with Crippen LogP contribution in [0.5, 0.6) is 0 Å². The number of carbonyl (C=O) groups excluding carboxylic acids is 1. The van der Waals surface area contributed by atoms with Crippen LogP contribution >= 0.6 is 0 Å². The van der Waals surface area contributed by atoms with Gasteiger partial charge in [0.05, 0.1) is 6.54 Å². The molecule has 0 aromatic heterocycles. The Bertz CT molecular complexity index is 255. The molecule has 0 aliphatic heterocycles. The summed E-state index contributed by atoms with van der Waals surface area (Å²) < 4.78 is 0. The molecular weight excluding hydrogens is 224 g/mol. The van der Waals surface area contributed by atoms with Gasteiger partial charge >= 0.3 is 0 Å². The van der Waals surface area contributed by atoms with Crippen molar-refractivity contribution in [2.45, 2.75) is 76.3 Å². The molecule has 0 unspecified atom stereocenters. The second-order valence-electron chi connectivity index (χ2n) is 6.11. The van der Waals surface area contributed by atoms with Gasteiger partial charge in [0.2, 0.25) is 5.91 Å². The molecule has 0 heterocycles. The molecule has 0 spiro atoms. The molecule has 0 bridgehead atoms. The second-order valence-corrected chi connectivity index (χ2v) is 6.11. The summed E-state index contributed by atoms with van der Waals surface area (Å²) in [6.45, 7) is 0.584. The maximum absolute atomic E-state index is 12.0. The Morgan fingerprint density at radius 3 is 2.17 bits per heavy atom. The van der Waals surface area contributed by atoms with Crippen LogP contribution in [-0.4, -0.2) is 36.5 Å². The van der Waals surface area contributed by atoms with Crippen molar-refractivity contribution in [3.63, 3.8) is 0 Å². The maximum atomic E-state index is 12.0. The van der Waals surface area contributed by atoms with Crippen molar-refractivity contribution in [3.05, 3.63) is 0 Å². The summed E-state index contributed by atoms with van der Waals surface area (Å²) in [6.07, 6.45) is 12.8. The third-order valence-electron chi connectivity index (χ3n) is 4.56. The van der Waals surface area contributed by atoms with E-state index in [1.54, 1.807) is 0 Å². The smallest absolute Gasteiger partial charge is 0.234 e. The minimum absolute atomic E-state index is 0.231. The number of hydrogen-bond donors (Lipinski definition) is 1. The number of amides is 1. The highest BCUT2D eigenvalue weighted by atomic mass is 16.2. The monoisotopic (exact) mass is 252 g/mol. The number of likely N-dealkylation sites (N-methyl/N-ethyl adjacent to an activating group) is 1. The van der Waals surface area contributed by atoms with Gasteiger partial charge < -0.3 is 5.32 Å². The van der Waals surface area contributed by atoms with Gasteiger partial charge in [0.15, 0.2) is 0 Å². The largest absolute Gasteiger partial charge is 0.352 e. The second kappa shape index (κ2) is 7.13. The van der Waals surface area contributed by atoms with Crippen molar-refractivity contribution in [3.8, 4) is 0 Å². The Kier molecular flexibility index (Phi) is 5.48. The lowest BCUT2D eigenvalue weighted by Gasteiger charge is -2.31. The molecule has 1 N–H and O–H groups in total. The van der Waals surface area contributed by atoms with Crippen molar-refractivity contribution >= 4 is 5.91 Å². The van der Waals surface area contributed by atoms with Gasteiger partial charge in [-0.3, -0.25) is 9.69 Å². The summed E-state index contributed by atoms with van der Waals surface area (Å²) in [6, 6.07) is 1.09. The van der Waals surface area contributed by atoms with Gasteiger partial charge in [-0.15, -0.1) is 0 Å². The van der Waals surface area contributed by atoms with Crippen molar-refractivity contribution in [2.24, 2.45) is 0 Å². The van der Waals surface area contributed by atoms with Crippen molar-refractivity contribution in [1.82, 2.24) is 10.2 Å². The SMILES string of the molecule is CN(CC(=O)NC1CCCCC1)C1CCCCC1. The molecule has 2 aliphatic rings. The summed E-state index contributed by atoms with van der Waals surface area (Å²) in [5, 5.41) is 3.21. The lowest BCUT2D eigenvalue weighted by molar-refractivity contribution is -0.123. The molecule has 3 nitrogen and oxygen atoms in total. The minimum atomic E-state index is 0.231. The topological polar surface area (TPSA) is 32.3 Å². The predicted octanol–water partition coefficient (Wildman–Crippen LogP) is 2.70. The number of nitrogens with one attached hydrogen (secondary N) is 1. The first-order chi connectivity index (χ1) is 8.75. The normalized spacial score (nSPS) is 23.2. The molecule has 0 radical (unpaired) electrons. The van der Waals surface area contributed by atoms with Crippen molar-refractivity contribution < 1.29 is 4.79 Å². The molecule has 0 saturated heterocycles. The van der Waals surface area contributed by atoms with Gasteiger partial charge in [-0.05, 0) is 32.7 Å². The van der Waals surface area contributed by atoms with Crippen LogP contribution < -0.4 is 5.32 Å². The van der Waals surface area contributed by atoms with E-state index < -0.39 is 0 Å². The fraction of sp³-hybridized carbons (Fsp3) is 0.933. The molecule has 0 aromatic rings. The molecule has 2 aliphatic carbocycles. The summed E-state index contributed by atoms with van der Waals surface area (Å²) in [7, 11) is 2.11. The van der Waals surface area contributed by atoms with Crippen LogP contribution in [-0.2, 0) is 4.79 Å². The van der Waals surface area contributed by atoms with Gasteiger partial charge in [0, 0.05) is 12.1 Å². The summed E-state index contributed by atoms with van der Waals surface area (Å²) in [5.74, 6) is 0.231. The van der Waals surface area contributed by atoms with E-state index in [-0.39, 0.29) is 5.91 Å². The molecule has 2 fully saturated rings. The summed E-state index contributed by atoms with van der Waals surface area (Å²) >= 11 is 0. The standard InChI is InChI=1S/C15H28N2O/c1-17(14-10-6-3-7-11-14)12-15(18)16-13-8-4-2-5-9-13/h13-14H,2-12H2,1H3,(H,16,18). The Labute approximate surface area is 111 Å². The zero-order chi connectivity index (χ0) is 12.8. The molecule has 2 rings (SSSR count). The van der Waals surface area contributed by atoms with Crippen LogP contribution in [0.3, 0.4) is 0 Å². The van der Waals surface area contributed by atoms with E-state index in [2.05, 4.69) is 17.3 Å². The first kappa shape index (κ1) is 13.9. The quantitative estimate of drug-likeness (QED) is 0.834. The Balaban J connectivity index is 1.68. The highest BCUT2D eigenvalue weighted by Crippen LogP contribution is 2.21. The number of rotatable bonds is 4. The van der Waals surface area contributed by atoms with E-state index in [4.69, 9.17) is 0 Å². The average Bonchev–Trinajstić information content (AvgIpc) is 2.40. The van der Waals surface area contributed by atoms with E-state index in [0.29, 0.717) is 18.6 Å². The molecule has 18 heavy (non-hydrogen) atoms. The fourth-order valence-electron chi connectivity index (χ4n) is 3.40. The van der Waals surface area contributed by atoms with Gasteiger partial charge in [0.25, 0.3) is 0 Å². The first-order valence-electron chi connectivity index (χ1n) is 7.75. The number of nitrogens with zero attached hydrogens (tertiary/aromatic N) is 1. The molecule has 2 saturated carbocycles. The van der Waals surface area contributed by atoms with Crippen LogP contribution in [0.2, 0.25) is 0 Å². The highest BCUT2D eigenvalue weighted by molar-refractivity contribution is 5.78. The molecule has 0 atom stereocenters. The third-order valence-corrected chi connectivity index (χ3v) is 4.56. The lowest BCUT2D eigenvalue weighted by Crippen LogP contribution is -2.45. The zero-order valence-electron chi connectivity index (χ0n) is 11.8. The highest BCUT2D eigenvalue weighted by Gasteiger charge is 2.21. The molecular formula is C15H28N2O. The Hall–Kier alpha value is -0.570. The molecule has 104 valence electrons. The predicted molar refractivity (Wildman–Crippen MR) is 74.5 cm³/mol. The Morgan fingerprint density at radius 1 is 1.00 bits per heavy atom. The van der Waals surface area contributed by atoms with Crippen LogP contribution in [0.25, 0.3) is 0 Å².